The molecule has 0 radical (unpaired) electrons. The minimum Gasteiger partial charge on any atom is -0.460 e. The van der Waals surface area contributed by atoms with E-state index in [-0.39, 0.29) is 6.10 Å². The number of nitriles is 1. The van der Waals surface area contributed by atoms with Crippen molar-refractivity contribution in [3.8, 4) is 6.07 Å². The maximum Gasteiger partial charge on any atom is 0.293 e. The van der Waals surface area contributed by atoms with Crippen molar-refractivity contribution in [2.24, 2.45) is 4.99 Å². The molecule has 0 aliphatic carbocycles. The first-order valence-corrected chi connectivity index (χ1v) is 7.31. The Balaban J connectivity index is 1.97. The molecule has 0 bridgehead atoms. The van der Waals surface area contributed by atoms with Crippen LogP contribution in [0.15, 0.2) is 53.7 Å². The second-order valence-corrected chi connectivity index (χ2v) is 5.16. The van der Waals surface area contributed by atoms with Gasteiger partial charge in [-0.25, -0.2) is 0 Å². The molecule has 1 atom stereocenters. The van der Waals surface area contributed by atoms with Crippen LogP contribution in [0, 0.1) is 11.3 Å². The predicted molar refractivity (Wildman–Crippen MR) is 84.5 cm³/mol. The lowest BCUT2D eigenvalue weighted by molar-refractivity contribution is 0.214. The molecule has 110 valence electrons. The molecule has 1 unspecified atom stereocenters. The zero-order chi connectivity index (χ0) is 15.1. The molecule has 0 saturated carbocycles. The third-order valence-electron chi connectivity index (χ3n) is 3.62. The van der Waals surface area contributed by atoms with Gasteiger partial charge in [0.2, 0.25) is 0 Å². The lowest BCUT2D eigenvalue weighted by Crippen LogP contribution is -2.31. The molecule has 0 aromatic heterocycles. The zero-order valence-corrected chi connectivity index (χ0v) is 12.3. The summed E-state index contributed by atoms with van der Waals surface area (Å²) < 4.78 is 5.91. The fraction of sp³-hybridized carbons (Fsp3) is 0.412. The van der Waals surface area contributed by atoms with Gasteiger partial charge in [-0.2, -0.15) is 10.3 Å². The number of aliphatic imine (C=N–C) groups is 1. The van der Waals surface area contributed by atoms with Crippen LogP contribution in [-0.2, 0) is 4.74 Å². The zero-order valence-electron chi connectivity index (χ0n) is 12.3. The van der Waals surface area contributed by atoms with Crippen LogP contribution in [0.25, 0.3) is 0 Å². The summed E-state index contributed by atoms with van der Waals surface area (Å²) in [5.74, 6) is 0. The number of ether oxygens (including phenoxy) is 1. The lowest BCUT2D eigenvalue weighted by atomic mass is 10.1. The second-order valence-electron chi connectivity index (χ2n) is 5.16. The first-order chi connectivity index (χ1) is 10.3. The normalized spacial score (nSPS) is 20.8. The molecule has 0 aromatic rings. The van der Waals surface area contributed by atoms with Crippen molar-refractivity contribution >= 4 is 6.02 Å². The van der Waals surface area contributed by atoms with E-state index in [2.05, 4.69) is 23.1 Å². The summed E-state index contributed by atoms with van der Waals surface area (Å²) >= 11 is 0. The number of hydrogen-bond donors (Lipinski definition) is 0. The summed E-state index contributed by atoms with van der Waals surface area (Å²) in [6.07, 6.45) is 11.5. The van der Waals surface area contributed by atoms with Crippen molar-refractivity contribution in [2.45, 2.75) is 31.8 Å². The Bertz CT molecular complexity index is 537. The van der Waals surface area contributed by atoms with E-state index in [0.717, 1.165) is 50.0 Å². The number of amidine groups is 1. The van der Waals surface area contributed by atoms with Crippen LogP contribution in [0.5, 0.6) is 0 Å². The van der Waals surface area contributed by atoms with Gasteiger partial charge in [0.1, 0.15) is 6.10 Å². The Kier molecular flexibility index (Phi) is 5.39. The summed E-state index contributed by atoms with van der Waals surface area (Å²) in [6.45, 7) is 9.18. The molecule has 0 amide bonds. The van der Waals surface area contributed by atoms with Crippen LogP contribution >= 0.6 is 0 Å². The summed E-state index contributed by atoms with van der Waals surface area (Å²) in [4.78, 5) is 6.64. The maximum absolute atomic E-state index is 8.64. The first-order valence-electron chi connectivity index (χ1n) is 7.31. The first kappa shape index (κ1) is 15.1. The van der Waals surface area contributed by atoms with Gasteiger partial charge in [-0.3, -0.25) is 0 Å². The highest BCUT2D eigenvalue weighted by Gasteiger charge is 2.32. The average Bonchev–Trinajstić information content (AvgIpc) is 2.90. The Hall–Kier alpha value is -2.28. The third kappa shape index (κ3) is 3.85. The van der Waals surface area contributed by atoms with Gasteiger partial charge >= 0.3 is 0 Å². The average molecular weight is 283 g/mol. The largest absolute Gasteiger partial charge is 0.460 e. The van der Waals surface area contributed by atoms with Gasteiger partial charge in [-0.05, 0) is 37.3 Å². The molecule has 0 aromatic carbocycles. The summed E-state index contributed by atoms with van der Waals surface area (Å²) in [5, 5.41) is 8.64. The standard InChI is InChI=1S/C17H21N3O/c1-3-5-6-7-9-15-13-20-12-14(4-2)16(10-8-11-18)19-17(20)21-15/h3-4,8,10,15H,1-2,5-7,9,12-13H2/b10-8+. The van der Waals surface area contributed by atoms with Gasteiger partial charge in [0.25, 0.3) is 6.02 Å². The van der Waals surface area contributed by atoms with Gasteiger partial charge in [-0.15, -0.1) is 6.58 Å². The highest BCUT2D eigenvalue weighted by atomic mass is 16.5. The number of hydrogen-bond acceptors (Lipinski definition) is 4. The number of fused-ring (bicyclic) bond motifs is 1. The Morgan fingerprint density at radius 3 is 3.00 bits per heavy atom. The SMILES string of the molecule is C=CCCCCC1CN2CC(C=C)=C(/C=C/C#N)N=C2O1. The molecule has 21 heavy (non-hydrogen) atoms. The fourth-order valence-corrected chi connectivity index (χ4v) is 2.52. The summed E-state index contributed by atoms with van der Waals surface area (Å²) in [7, 11) is 0. The summed E-state index contributed by atoms with van der Waals surface area (Å²) in [5.41, 5.74) is 1.80. The van der Waals surface area contributed by atoms with Crippen molar-refractivity contribution in [1.82, 2.24) is 4.90 Å². The molecular weight excluding hydrogens is 262 g/mol. The molecule has 0 spiro atoms. The van der Waals surface area contributed by atoms with E-state index in [9.17, 15) is 0 Å². The van der Waals surface area contributed by atoms with E-state index in [4.69, 9.17) is 10.00 Å². The predicted octanol–water partition coefficient (Wildman–Crippen LogP) is 3.32. The smallest absolute Gasteiger partial charge is 0.293 e. The lowest BCUT2D eigenvalue weighted by Gasteiger charge is -2.21. The van der Waals surface area contributed by atoms with Gasteiger partial charge in [0.15, 0.2) is 0 Å². The van der Waals surface area contributed by atoms with Crippen LogP contribution in [0.3, 0.4) is 0 Å². The molecule has 4 nitrogen and oxygen atoms in total. The van der Waals surface area contributed by atoms with Crippen molar-refractivity contribution < 1.29 is 4.74 Å². The number of nitrogens with zero attached hydrogens (tertiary/aromatic N) is 3. The quantitative estimate of drug-likeness (QED) is 0.409. The fourth-order valence-electron chi connectivity index (χ4n) is 2.52. The second kappa shape index (κ2) is 7.49. The number of unbranched alkanes of at least 4 members (excludes halogenated alkanes) is 2. The maximum atomic E-state index is 8.64. The van der Waals surface area contributed by atoms with E-state index in [1.165, 1.54) is 6.08 Å². The van der Waals surface area contributed by atoms with Gasteiger partial charge in [-0.1, -0.05) is 18.7 Å². The van der Waals surface area contributed by atoms with Crippen LogP contribution < -0.4 is 0 Å². The monoisotopic (exact) mass is 283 g/mol. The van der Waals surface area contributed by atoms with Gasteiger partial charge in [0, 0.05) is 12.6 Å². The molecule has 2 aliphatic rings. The molecule has 0 N–H and O–H groups in total. The minimum absolute atomic E-state index is 0.207. The van der Waals surface area contributed by atoms with Crippen LogP contribution in [0.2, 0.25) is 0 Å². The molecule has 1 fully saturated rings. The Morgan fingerprint density at radius 2 is 2.29 bits per heavy atom. The Morgan fingerprint density at radius 1 is 1.43 bits per heavy atom. The highest BCUT2D eigenvalue weighted by molar-refractivity contribution is 5.79. The van der Waals surface area contributed by atoms with E-state index >= 15 is 0 Å². The van der Waals surface area contributed by atoms with Crippen molar-refractivity contribution in [2.75, 3.05) is 13.1 Å². The van der Waals surface area contributed by atoms with Crippen LogP contribution in [0.4, 0.5) is 0 Å². The van der Waals surface area contributed by atoms with Crippen molar-refractivity contribution in [3.05, 3.63) is 48.7 Å². The van der Waals surface area contributed by atoms with E-state index in [0.29, 0.717) is 6.02 Å². The molecule has 2 heterocycles. The van der Waals surface area contributed by atoms with Crippen molar-refractivity contribution in [1.29, 1.82) is 5.26 Å². The van der Waals surface area contributed by atoms with Crippen LogP contribution in [0.1, 0.15) is 25.7 Å². The molecule has 4 heteroatoms. The number of allylic oxidation sites excluding steroid dienone is 3. The van der Waals surface area contributed by atoms with Gasteiger partial charge < -0.3 is 9.64 Å². The molecule has 2 aliphatic heterocycles. The van der Waals surface area contributed by atoms with Gasteiger partial charge in [0.05, 0.1) is 18.3 Å². The molecular formula is C17H21N3O. The topological polar surface area (TPSA) is 48.6 Å². The van der Waals surface area contributed by atoms with E-state index in [1.807, 2.05) is 12.1 Å². The van der Waals surface area contributed by atoms with Crippen LogP contribution in [-0.4, -0.2) is 30.1 Å². The molecule has 2 rings (SSSR count). The van der Waals surface area contributed by atoms with E-state index < -0.39 is 0 Å². The summed E-state index contributed by atoms with van der Waals surface area (Å²) in [6, 6.07) is 2.66. The Labute approximate surface area is 126 Å². The minimum atomic E-state index is 0.207. The highest BCUT2D eigenvalue weighted by Crippen LogP contribution is 2.25. The van der Waals surface area contributed by atoms with E-state index in [1.54, 1.807) is 12.2 Å². The number of rotatable bonds is 7. The molecule has 1 saturated heterocycles. The van der Waals surface area contributed by atoms with Crippen molar-refractivity contribution in [3.63, 3.8) is 0 Å². The third-order valence-corrected chi connectivity index (χ3v) is 3.62.